The summed E-state index contributed by atoms with van der Waals surface area (Å²) in [4.78, 5) is 13.9. The first kappa shape index (κ1) is 17.6. The number of carbonyl (C=O) groups excluding carboxylic acids is 1. The Balaban J connectivity index is 1.73. The van der Waals surface area contributed by atoms with Crippen molar-refractivity contribution >= 4 is 28.7 Å². The number of piperidine rings is 1. The Bertz CT molecular complexity index is 485. The van der Waals surface area contributed by atoms with Gasteiger partial charge in [-0.25, -0.2) is 4.79 Å². The first-order chi connectivity index (χ1) is 10.3. The van der Waals surface area contributed by atoms with Crippen LogP contribution >= 0.6 is 22.6 Å². The fraction of sp³-hybridized carbons (Fsp3) is 0.611. The number of carbonyl (C=O) groups is 1. The Morgan fingerprint density at radius 3 is 2.36 bits per heavy atom. The molecule has 0 atom stereocenters. The molecule has 1 aromatic rings. The number of benzene rings is 1. The summed E-state index contributed by atoms with van der Waals surface area (Å²) in [6.45, 7) is 7.40. The number of hydrogen-bond acceptors (Lipinski definition) is 2. The molecule has 0 unspecified atom stereocenters. The van der Waals surface area contributed by atoms with Gasteiger partial charge in [0.25, 0.3) is 0 Å². The van der Waals surface area contributed by atoms with Crippen molar-refractivity contribution in [2.45, 2.75) is 52.1 Å². The number of aryl methyl sites for hydroxylation is 1. The van der Waals surface area contributed by atoms with Gasteiger partial charge in [-0.2, -0.15) is 0 Å². The lowest BCUT2D eigenvalue weighted by atomic mass is 9.91. The van der Waals surface area contributed by atoms with E-state index < -0.39 is 5.60 Å². The van der Waals surface area contributed by atoms with E-state index in [0.29, 0.717) is 0 Å². The summed E-state index contributed by atoms with van der Waals surface area (Å²) in [6, 6.07) is 8.78. The zero-order valence-corrected chi connectivity index (χ0v) is 15.9. The normalized spacial score (nSPS) is 16.6. The van der Waals surface area contributed by atoms with Crippen LogP contribution in [0.3, 0.4) is 0 Å². The van der Waals surface area contributed by atoms with Gasteiger partial charge in [-0.05, 0) is 92.7 Å². The van der Waals surface area contributed by atoms with Crippen molar-refractivity contribution < 1.29 is 9.53 Å². The molecule has 1 amide bonds. The average Bonchev–Trinajstić information content (AvgIpc) is 2.45. The Morgan fingerprint density at radius 2 is 1.82 bits per heavy atom. The maximum atomic E-state index is 12.0. The lowest BCUT2D eigenvalue weighted by Gasteiger charge is -2.33. The number of halogens is 1. The molecule has 22 heavy (non-hydrogen) atoms. The van der Waals surface area contributed by atoms with Gasteiger partial charge in [-0.1, -0.05) is 12.1 Å². The average molecular weight is 415 g/mol. The number of rotatable bonds is 3. The van der Waals surface area contributed by atoms with Crippen LogP contribution in [0.25, 0.3) is 0 Å². The summed E-state index contributed by atoms with van der Waals surface area (Å²) in [7, 11) is 0. The zero-order chi connectivity index (χ0) is 16.2. The molecule has 4 heteroatoms. The van der Waals surface area contributed by atoms with E-state index in [-0.39, 0.29) is 6.09 Å². The molecule has 0 radical (unpaired) electrons. The SMILES string of the molecule is CC(C)(C)OC(=O)N1CCC(CCc2ccc(I)cc2)CC1. The third-order valence-corrected chi connectivity index (χ3v) is 4.74. The van der Waals surface area contributed by atoms with Crippen LogP contribution in [0.15, 0.2) is 24.3 Å². The molecule has 1 aromatic carbocycles. The first-order valence-corrected chi connectivity index (χ1v) is 9.14. The van der Waals surface area contributed by atoms with Crippen LogP contribution in [0.4, 0.5) is 4.79 Å². The highest BCUT2D eigenvalue weighted by atomic mass is 127. The minimum atomic E-state index is -0.404. The van der Waals surface area contributed by atoms with E-state index in [0.717, 1.165) is 38.3 Å². The van der Waals surface area contributed by atoms with E-state index in [1.165, 1.54) is 15.6 Å². The van der Waals surface area contributed by atoms with Crippen LogP contribution in [0, 0.1) is 9.49 Å². The molecule has 122 valence electrons. The summed E-state index contributed by atoms with van der Waals surface area (Å²) >= 11 is 2.34. The summed E-state index contributed by atoms with van der Waals surface area (Å²) < 4.78 is 6.72. The second kappa shape index (κ2) is 7.66. The minimum absolute atomic E-state index is 0.163. The molecule has 1 heterocycles. The van der Waals surface area contributed by atoms with Gasteiger partial charge in [-0.3, -0.25) is 0 Å². The highest BCUT2D eigenvalue weighted by Crippen LogP contribution is 2.24. The van der Waals surface area contributed by atoms with Gasteiger partial charge in [-0.15, -0.1) is 0 Å². The van der Waals surface area contributed by atoms with E-state index >= 15 is 0 Å². The van der Waals surface area contributed by atoms with Gasteiger partial charge in [0.15, 0.2) is 0 Å². The molecular formula is C18H26INO2. The predicted molar refractivity (Wildman–Crippen MR) is 98.0 cm³/mol. The van der Waals surface area contributed by atoms with Crippen molar-refractivity contribution in [2.75, 3.05) is 13.1 Å². The number of ether oxygens (including phenoxy) is 1. The van der Waals surface area contributed by atoms with E-state index in [2.05, 4.69) is 46.9 Å². The summed E-state index contributed by atoms with van der Waals surface area (Å²) in [5, 5.41) is 0. The Labute approximate surface area is 147 Å². The van der Waals surface area contributed by atoms with Gasteiger partial charge in [0.2, 0.25) is 0 Å². The third-order valence-electron chi connectivity index (χ3n) is 4.02. The van der Waals surface area contributed by atoms with Gasteiger partial charge >= 0.3 is 6.09 Å². The molecule has 1 fully saturated rings. The molecule has 1 saturated heterocycles. The molecule has 0 spiro atoms. The Hall–Kier alpha value is -0.780. The summed E-state index contributed by atoms with van der Waals surface area (Å²) in [6.07, 6.45) is 4.35. The fourth-order valence-electron chi connectivity index (χ4n) is 2.75. The zero-order valence-electron chi connectivity index (χ0n) is 13.8. The van der Waals surface area contributed by atoms with Crippen LogP contribution < -0.4 is 0 Å². The topological polar surface area (TPSA) is 29.5 Å². The number of likely N-dealkylation sites (tertiary alicyclic amines) is 1. The minimum Gasteiger partial charge on any atom is -0.444 e. The van der Waals surface area contributed by atoms with Crippen molar-refractivity contribution in [1.82, 2.24) is 4.90 Å². The summed E-state index contributed by atoms with van der Waals surface area (Å²) in [5.41, 5.74) is 1.01. The van der Waals surface area contributed by atoms with E-state index in [4.69, 9.17) is 4.74 Å². The molecule has 0 bridgehead atoms. The lowest BCUT2D eigenvalue weighted by molar-refractivity contribution is 0.0181. The molecule has 2 rings (SSSR count). The number of amides is 1. The fourth-order valence-corrected chi connectivity index (χ4v) is 3.11. The monoisotopic (exact) mass is 415 g/mol. The van der Waals surface area contributed by atoms with Crippen molar-refractivity contribution in [3.63, 3.8) is 0 Å². The molecule has 1 aliphatic rings. The van der Waals surface area contributed by atoms with Crippen LogP contribution in [0.5, 0.6) is 0 Å². The molecule has 0 N–H and O–H groups in total. The lowest BCUT2D eigenvalue weighted by Crippen LogP contribution is -2.41. The predicted octanol–water partition coefficient (Wildman–Crippen LogP) is 4.87. The molecule has 0 aliphatic carbocycles. The Kier molecular flexibility index (Phi) is 6.12. The van der Waals surface area contributed by atoms with Gasteiger partial charge in [0.1, 0.15) is 5.60 Å². The molecular weight excluding hydrogens is 389 g/mol. The quantitative estimate of drug-likeness (QED) is 0.660. The van der Waals surface area contributed by atoms with E-state index in [9.17, 15) is 4.79 Å². The van der Waals surface area contributed by atoms with Crippen molar-refractivity contribution in [3.8, 4) is 0 Å². The molecule has 0 aromatic heterocycles. The second-order valence-corrected chi connectivity index (χ2v) is 8.32. The van der Waals surface area contributed by atoms with Crippen molar-refractivity contribution in [2.24, 2.45) is 5.92 Å². The number of hydrogen-bond donors (Lipinski definition) is 0. The van der Waals surface area contributed by atoms with Gasteiger partial charge in [0, 0.05) is 16.7 Å². The number of nitrogens with zero attached hydrogens (tertiary/aromatic N) is 1. The molecule has 1 aliphatic heterocycles. The van der Waals surface area contributed by atoms with Crippen molar-refractivity contribution in [1.29, 1.82) is 0 Å². The highest BCUT2D eigenvalue weighted by molar-refractivity contribution is 14.1. The maximum absolute atomic E-state index is 12.0. The van der Waals surface area contributed by atoms with E-state index in [1.54, 1.807) is 0 Å². The van der Waals surface area contributed by atoms with Crippen LogP contribution in [0.1, 0.15) is 45.6 Å². The Morgan fingerprint density at radius 1 is 1.23 bits per heavy atom. The largest absolute Gasteiger partial charge is 0.444 e. The third kappa shape index (κ3) is 5.78. The van der Waals surface area contributed by atoms with Gasteiger partial charge in [0.05, 0.1) is 0 Å². The highest BCUT2D eigenvalue weighted by Gasteiger charge is 2.26. The standard InChI is InChI=1S/C18H26INO2/c1-18(2,3)22-17(21)20-12-10-15(11-13-20)5-4-14-6-8-16(19)9-7-14/h6-9,15H,4-5,10-13H2,1-3H3. The van der Waals surface area contributed by atoms with Crippen LogP contribution in [-0.2, 0) is 11.2 Å². The van der Waals surface area contributed by atoms with E-state index in [1.807, 2.05) is 25.7 Å². The molecule has 0 saturated carbocycles. The van der Waals surface area contributed by atoms with Crippen LogP contribution in [-0.4, -0.2) is 29.7 Å². The molecule has 3 nitrogen and oxygen atoms in total. The van der Waals surface area contributed by atoms with Gasteiger partial charge < -0.3 is 9.64 Å². The second-order valence-electron chi connectivity index (χ2n) is 7.08. The van der Waals surface area contributed by atoms with Crippen LogP contribution in [0.2, 0.25) is 0 Å². The summed E-state index contributed by atoms with van der Waals surface area (Å²) in [5.74, 6) is 0.720. The maximum Gasteiger partial charge on any atom is 0.410 e. The smallest absolute Gasteiger partial charge is 0.410 e. The first-order valence-electron chi connectivity index (χ1n) is 8.06. The van der Waals surface area contributed by atoms with Crippen molar-refractivity contribution in [3.05, 3.63) is 33.4 Å².